The van der Waals surface area contributed by atoms with E-state index in [2.05, 4.69) is 11.2 Å². The van der Waals surface area contributed by atoms with Crippen molar-refractivity contribution >= 4 is 6.09 Å². The summed E-state index contributed by atoms with van der Waals surface area (Å²) in [7, 11) is 0. The van der Waals surface area contributed by atoms with Crippen LogP contribution in [0, 0.1) is 12.3 Å². The Labute approximate surface area is 95.8 Å². The van der Waals surface area contributed by atoms with E-state index in [4.69, 9.17) is 11.2 Å². The number of carbonyl (C=O) groups excluding carboxylic acids is 1. The molecule has 3 heteroatoms. The van der Waals surface area contributed by atoms with Crippen molar-refractivity contribution in [3.8, 4) is 18.1 Å². The molecule has 1 aromatic carbocycles. The van der Waals surface area contributed by atoms with Crippen molar-refractivity contribution in [3.05, 3.63) is 30.3 Å². The summed E-state index contributed by atoms with van der Waals surface area (Å²) in [4.78, 5) is 11.5. The van der Waals surface area contributed by atoms with E-state index in [1.165, 1.54) is 0 Å². The van der Waals surface area contributed by atoms with Gasteiger partial charge < -0.3 is 10.1 Å². The molecule has 0 heterocycles. The molecule has 0 aliphatic carbocycles. The van der Waals surface area contributed by atoms with Crippen molar-refractivity contribution in [2.45, 2.75) is 25.8 Å². The van der Waals surface area contributed by atoms with E-state index in [1.807, 2.05) is 13.0 Å². The minimum Gasteiger partial charge on any atom is -0.410 e. The number of nitrogens with one attached hydrogen (secondary N) is 1. The summed E-state index contributed by atoms with van der Waals surface area (Å²) in [5.41, 5.74) is 0. The van der Waals surface area contributed by atoms with E-state index in [0.29, 0.717) is 12.2 Å². The van der Waals surface area contributed by atoms with E-state index >= 15 is 0 Å². The minimum absolute atomic E-state index is 0.0267. The van der Waals surface area contributed by atoms with Gasteiger partial charge >= 0.3 is 6.09 Å². The Kier molecular flexibility index (Phi) is 4.94. The van der Waals surface area contributed by atoms with Crippen molar-refractivity contribution in [1.29, 1.82) is 0 Å². The summed E-state index contributed by atoms with van der Waals surface area (Å²) in [5, 5.41) is 2.71. The zero-order valence-corrected chi connectivity index (χ0v) is 9.27. The number of carbonyl (C=O) groups is 1. The van der Waals surface area contributed by atoms with Crippen molar-refractivity contribution in [1.82, 2.24) is 5.32 Å². The Bertz CT molecular complexity index is 367. The molecule has 0 fully saturated rings. The van der Waals surface area contributed by atoms with Gasteiger partial charge in [-0.15, -0.1) is 12.3 Å². The van der Waals surface area contributed by atoms with Gasteiger partial charge in [-0.1, -0.05) is 25.1 Å². The first kappa shape index (κ1) is 12.1. The van der Waals surface area contributed by atoms with Gasteiger partial charge in [0.1, 0.15) is 5.75 Å². The average Bonchev–Trinajstić information content (AvgIpc) is 2.29. The second-order valence-corrected chi connectivity index (χ2v) is 3.36. The van der Waals surface area contributed by atoms with Gasteiger partial charge in [0.15, 0.2) is 0 Å². The molecule has 0 bridgehead atoms. The maximum absolute atomic E-state index is 11.5. The lowest BCUT2D eigenvalue weighted by Crippen LogP contribution is -2.36. The smallest absolute Gasteiger partial charge is 0.410 e. The quantitative estimate of drug-likeness (QED) is 0.787. The fraction of sp³-hybridized carbons (Fsp3) is 0.308. The van der Waals surface area contributed by atoms with Crippen molar-refractivity contribution in [2.75, 3.05) is 0 Å². The fourth-order valence-electron chi connectivity index (χ4n) is 1.23. The maximum Gasteiger partial charge on any atom is 0.412 e. The molecule has 0 aromatic heterocycles. The number of terminal acetylenes is 1. The Morgan fingerprint density at radius 3 is 2.75 bits per heavy atom. The van der Waals surface area contributed by atoms with Crippen LogP contribution < -0.4 is 10.1 Å². The molecule has 0 saturated carbocycles. The van der Waals surface area contributed by atoms with Gasteiger partial charge in [0.2, 0.25) is 0 Å². The molecule has 1 atom stereocenters. The predicted octanol–water partition coefficient (Wildman–Crippen LogP) is 2.58. The largest absolute Gasteiger partial charge is 0.412 e. The number of hydrogen-bond donors (Lipinski definition) is 1. The fourth-order valence-corrected chi connectivity index (χ4v) is 1.23. The average molecular weight is 217 g/mol. The lowest BCUT2D eigenvalue weighted by molar-refractivity contribution is 0.196. The van der Waals surface area contributed by atoms with Gasteiger partial charge in [-0.2, -0.15) is 0 Å². The normalized spacial score (nSPS) is 11.2. The zero-order valence-electron chi connectivity index (χ0n) is 9.27. The van der Waals surface area contributed by atoms with Crippen LogP contribution in [0.15, 0.2) is 30.3 Å². The molecular formula is C13H15NO2. The molecule has 1 aromatic rings. The molecule has 1 amide bonds. The first-order valence-corrected chi connectivity index (χ1v) is 5.23. The molecule has 3 nitrogen and oxygen atoms in total. The van der Waals surface area contributed by atoms with Crippen LogP contribution >= 0.6 is 0 Å². The molecule has 1 rings (SSSR count). The number of rotatable bonds is 4. The van der Waals surface area contributed by atoms with Gasteiger partial charge in [-0.3, -0.25) is 0 Å². The highest BCUT2D eigenvalue weighted by Gasteiger charge is 2.10. The van der Waals surface area contributed by atoms with Gasteiger partial charge in [0, 0.05) is 12.5 Å². The molecular weight excluding hydrogens is 202 g/mol. The number of benzene rings is 1. The third-order valence-electron chi connectivity index (χ3n) is 2.13. The Morgan fingerprint density at radius 1 is 1.50 bits per heavy atom. The summed E-state index contributed by atoms with van der Waals surface area (Å²) in [6.07, 6.45) is 6.03. The van der Waals surface area contributed by atoms with Crippen LogP contribution in [0.4, 0.5) is 4.79 Å². The van der Waals surface area contributed by atoms with Crippen molar-refractivity contribution in [3.63, 3.8) is 0 Å². The van der Waals surface area contributed by atoms with Crippen LogP contribution in [0.1, 0.15) is 19.8 Å². The van der Waals surface area contributed by atoms with Crippen LogP contribution in [0.2, 0.25) is 0 Å². The summed E-state index contributed by atoms with van der Waals surface area (Å²) < 4.78 is 5.07. The van der Waals surface area contributed by atoms with Crippen molar-refractivity contribution in [2.24, 2.45) is 0 Å². The van der Waals surface area contributed by atoms with Crippen LogP contribution in [0.25, 0.3) is 0 Å². The Balaban J connectivity index is 2.44. The molecule has 1 N–H and O–H groups in total. The highest BCUT2D eigenvalue weighted by atomic mass is 16.6. The number of para-hydroxylation sites is 1. The van der Waals surface area contributed by atoms with Crippen LogP contribution in [0.3, 0.4) is 0 Å². The second-order valence-electron chi connectivity index (χ2n) is 3.36. The molecule has 0 radical (unpaired) electrons. The summed E-state index contributed by atoms with van der Waals surface area (Å²) in [6, 6.07) is 8.89. The van der Waals surface area contributed by atoms with Gasteiger partial charge in [-0.25, -0.2) is 4.79 Å². The molecule has 0 spiro atoms. The van der Waals surface area contributed by atoms with E-state index in [-0.39, 0.29) is 6.04 Å². The zero-order chi connectivity index (χ0) is 11.8. The van der Waals surface area contributed by atoms with Gasteiger partial charge in [-0.05, 0) is 18.6 Å². The van der Waals surface area contributed by atoms with E-state index < -0.39 is 6.09 Å². The van der Waals surface area contributed by atoms with Crippen LogP contribution in [-0.4, -0.2) is 12.1 Å². The molecule has 84 valence electrons. The molecule has 0 saturated heterocycles. The lowest BCUT2D eigenvalue weighted by atomic mass is 10.2. The topological polar surface area (TPSA) is 38.3 Å². The Morgan fingerprint density at radius 2 is 2.19 bits per heavy atom. The molecule has 0 aliphatic rings. The summed E-state index contributed by atoms with van der Waals surface area (Å²) in [5.74, 6) is 3.04. The number of hydrogen-bond acceptors (Lipinski definition) is 2. The van der Waals surface area contributed by atoms with Gasteiger partial charge in [0.05, 0.1) is 0 Å². The summed E-state index contributed by atoms with van der Waals surface area (Å²) >= 11 is 0. The van der Waals surface area contributed by atoms with E-state index in [9.17, 15) is 4.79 Å². The Hall–Kier alpha value is -1.95. The van der Waals surface area contributed by atoms with Crippen LogP contribution in [-0.2, 0) is 0 Å². The third kappa shape index (κ3) is 4.05. The predicted molar refractivity (Wildman–Crippen MR) is 63.1 cm³/mol. The third-order valence-corrected chi connectivity index (χ3v) is 2.13. The maximum atomic E-state index is 11.5. The van der Waals surface area contributed by atoms with E-state index in [1.54, 1.807) is 24.3 Å². The monoisotopic (exact) mass is 217 g/mol. The number of amides is 1. The molecule has 1 unspecified atom stereocenters. The minimum atomic E-state index is -0.465. The number of ether oxygens (including phenoxy) is 1. The van der Waals surface area contributed by atoms with Crippen molar-refractivity contribution < 1.29 is 9.53 Å². The SMILES string of the molecule is C#CCC(CC)NC(=O)Oc1ccccc1. The van der Waals surface area contributed by atoms with Crippen LogP contribution in [0.5, 0.6) is 5.75 Å². The first-order chi connectivity index (χ1) is 7.76. The molecule has 16 heavy (non-hydrogen) atoms. The lowest BCUT2D eigenvalue weighted by Gasteiger charge is -2.13. The second kappa shape index (κ2) is 6.52. The molecule has 0 aliphatic heterocycles. The summed E-state index contributed by atoms with van der Waals surface area (Å²) in [6.45, 7) is 1.96. The highest BCUT2D eigenvalue weighted by molar-refractivity contribution is 5.70. The highest BCUT2D eigenvalue weighted by Crippen LogP contribution is 2.08. The standard InChI is InChI=1S/C13H15NO2/c1-3-8-11(4-2)14-13(15)16-12-9-6-5-7-10-12/h1,5-7,9-11H,4,8H2,2H3,(H,14,15). The first-order valence-electron chi connectivity index (χ1n) is 5.23. The van der Waals surface area contributed by atoms with E-state index in [0.717, 1.165) is 6.42 Å². The van der Waals surface area contributed by atoms with Gasteiger partial charge in [0.25, 0.3) is 0 Å².